The molecule has 3 nitrogen and oxygen atoms in total. The summed E-state index contributed by atoms with van der Waals surface area (Å²) in [5.41, 5.74) is -1.57. The van der Waals surface area contributed by atoms with Crippen LogP contribution < -0.4 is 0 Å². The van der Waals surface area contributed by atoms with Gasteiger partial charge in [-0.25, -0.2) is 15.0 Å². The second-order valence-corrected chi connectivity index (χ2v) is 10.5. The minimum atomic E-state index is -0.771. The van der Waals surface area contributed by atoms with E-state index >= 15 is 0 Å². The van der Waals surface area contributed by atoms with Gasteiger partial charge in [-0.2, -0.15) is 0 Å². The van der Waals surface area contributed by atoms with Gasteiger partial charge in [0.25, 0.3) is 0 Å². The Hall–Kier alpha value is -6.19. The van der Waals surface area contributed by atoms with Gasteiger partial charge in [0.1, 0.15) is 0 Å². The first-order chi connectivity index (χ1) is 32.0. The molecular weight excluding hydrogens is 571 g/mol. The van der Waals surface area contributed by atoms with Crippen LogP contribution in [-0.4, -0.2) is 15.0 Å². The summed E-state index contributed by atoms with van der Waals surface area (Å²) in [6.45, 7) is 0. The van der Waals surface area contributed by atoms with Gasteiger partial charge < -0.3 is 0 Å². The normalized spacial score (nSPS) is 18.0. The zero-order valence-electron chi connectivity index (χ0n) is 45.0. The Morgan fingerprint density at radius 1 is 0.404 bits per heavy atom. The van der Waals surface area contributed by atoms with Gasteiger partial charge >= 0.3 is 0 Å². The highest BCUT2D eigenvalue weighted by Gasteiger charge is 2.25. The molecule has 1 heterocycles. The van der Waals surface area contributed by atoms with E-state index in [0.29, 0.717) is 16.3 Å². The Morgan fingerprint density at radius 2 is 0.936 bits per heavy atom. The largest absolute Gasteiger partial charge is 0.208 e. The number of aromatic nitrogens is 3. The van der Waals surface area contributed by atoms with Crippen LogP contribution in [0, 0.1) is 0 Å². The third-order valence-electron chi connectivity index (χ3n) is 7.67. The van der Waals surface area contributed by atoms with E-state index in [1.807, 2.05) is 0 Å². The van der Waals surface area contributed by atoms with E-state index in [0.717, 1.165) is 0 Å². The highest BCUT2D eigenvalue weighted by Crippen LogP contribution is 2.45. The van der Waals surface area contributed by atoms with Crippen LogP contribution in [0.3, 0.4) is 0 Å². The van der Waals surface area contributed by atoms with Crippen LogP contribution in [0.15, 0.2) is 163 Å². The smallest absolute Gasteiger partial charge is 0.164 e. The molecule has 1 aliphatic carbocycles. The van der Waals surface area contributed by atoms with Gasteiger partial charge in [-0.1, -0.05) is 145 Å². The molecule has 7 aromatic carbocycles. The summed E-state index contributed by atoms with van der Waals surface area (Å²) in [4.78, 5) is 13.9. The van der Waals surface area contributed by atoms with Crippen LogP contribution in [-0.2, 0) is 6.42 Å². The van der Waals surface area contributed by atoms with Crippen LogP contribution in [0.1, 0.15) is 39.9 Å². The van der Waals surface area contributed by atoms with Crippen molar-refractivity contribution >= 4 is 10.8 Å². The van der Waals surface area contributed by atoms with Crippen molar-refractivity contribution in [2.24, 2.45) is 0 Å². The molecule has 0 saturated carbocycles. The van der Waals surface area contributed by atoms with Gasteiger partial charge in [0.05, 0.1) is 28.8 Å². The molecule has 0 unspecified atom stereocenters. The standard InChI is InChI=1S/C44H29N3/c1-4-12-29(13-5-1)32-20-21-34-25-36(23-22-33(34)24-32)43-45-42(31-16-8-3-9-17-31)46-44(47-43)40-28-37(30-14-6-2-7-15-30)27-38-26-35-18-10-11-19-39(35)41(38)40/h1-25,27-28H,26H2/i1D,2D,3D,4D,5D,6D,7D,8D,9D,10D,11D,12D,13D,14D,15D,16D,17D,18D,19D,27D,28D. The molecule has 1 aliphatic rings. The van der Waals surface area contributed by atoms with Crippen LogP contribution in [0.4, 0.5) is 0 Å². The highest BCUT2D eigenvalue weighted by molar-refractivity contribution is 5.93. The second-order valence-electron chi connectivity index (χ2n) is 10.5. The number of hydrogen-bond donors (Lipinski definition) is 0. The molecule has 1 aromatic heterocycles. The van der Waals surface area contributed by atoms with Crippen molar-refractivity contribution in [3.8, 4) is 67.5 Å². The van der Waals surface area contributed by atoms with Gasteiger partial charge in [-0.3, -0.25) is 0 Å². The second kappa shape index (κ2) is 11.3. The molecule has 0 radical (unpaired) electrons. The van der Waals surface area contributed by atoms with Crippen molar-refractivity contribution in [1.82, 2.24) is 15.0 Å². The van der Waals surface area contributed by atoms with E-state index in [4.69, 9.17) is 31.0 Å². The van der Waals surface area contributed by atoms with Crippen LogP contribution in [0.5, 0.6) is 0 Å². The first-order valence-electron chi connectivity index (χ1n) is 24.8. The van der Waals surface area contributed by atoms with E-state index in [-0.39, 0.29) is 51.2 Å². The number of hydrogen-bond acceptors (Lipinski definition) is 3. The Morgan fingerprint density at radius 3 is 1.64 bits per heavy atom. The van der Waals surface area contributed by atoms with E-state index in [2.05, 4.69) is 9.97 Å². The summed E-state index contributed by atoms with van der Waals surface area (Å²) in [6, 6.07) is -3.73. The molecule has 0 spiro atoms. The lowest BCUT2D eigenvalue weighted by Crippen LogP contribution is -2.01. The van der Waals surface area contributed by atoms with Crippen molar-refractivity contribution in [2.75, 3.05) is 0 Å². The molecule has 9 rings (SSSR count). The van der Waals surface area contributed by atoms with Gasteiger partial charge in [0.2, 0.25) is 0 Å². The maximum absolute atomic E-state index is 9.81. The minimum absolute atomic E-state index is 0.0215. The SMILES string of the molecule is [2H]c1c([2H])c([2H])c(-c2ccc3cc(-c4nc(-c5c([2H])c([2H])c([2H])c([2H])c5[2H])nc(-c5c([2H])c(-c6c([2H])c([2H])c([2H])c([2H])c6[2H])c([2H])c6c5-c5c([2H])c([2H])c([2H])c([2H])c5C6)n4)ccc3c2)c([2H])c1[2H]. The lowest BCUT2D eigenvalue weighted by Gasteiger charge is -2.15. The first-order valence-corrected chi connectivity index (χ1v) is 14.3. The molecule has 0 fully saturated rings. The monoisotopic (exact) mass is 620 g/mol. The molecule has 0 amide bonds. The zero-order chi connectivity index (χ0) is 49.4. The number of rotatable bonds is 5. The Kier molecular flexibility index (Phi) is 3.19. The predicted molar refractivity (Wildman–Crippen MR) is 193 cm³/mol. The molecule has 3 heteroatoms. The summed E-state index contributed by atoms with van der Waals surface area (Å²) in [5, 5.41) is 1.04. The molecule has 0 aliphatic heterocycles. The minimum Gasteiger partial charge on any atom is -0.208 e. The van der Waals surface area contributed by atoms with Crippen molar-refractivity contribution in [3.63, 3.8) is 0 Å². The molecule has 47 heavy (non-hydrogen) atoms. The Bertz CT molecular complexity index is 3540. The van der Waals surface area contributed by atoms with Gasteiger partial charge in [0.15, 0.2) is 17.5 Å². The third kappa shape index (κ3) is 4.99. The van der Waals surface area contributed by atoms with Crippen molar-refractivity contribution < 1.29 is 28.8 Å². The number of nitrogens with zero attached hydrogens (tertiary/aromatic N) is 3. The fourth-order valence-electron chi connectivity index (χ4n) is 5.55. The van der Waals surface area contributed by atoms with Crippen LogP contribution >= 0.6 is 0 Å². The van der Waals surface area contributed by atoms with Gasteiger partial charge in [-0.05, 0) is 79.9 Å². The number of benzene rings is 7. The molecule has 8 aromatic rings. The average Bonchev–Trinajstić information content (AvgIpc) is 3.73. The Labute approximate surface area is 303 Å². The highest BCUT2D eigenvalue weighted by atomic mass is 15.0. The molecule has 0 saturated heterocycles. The predicted octanol–water partition coefficient (Wildman–Crippen LogP) is 10.9. The molecule has 0 atom stereocenters. The fraction of sp³-hybridized carbons (Fsp3) is 0.0227. The lowest BCUT2D eigenvalue weighted by atomic mass is 9.93. The zero-order valence-corrected chi connectivity index (χ0v) is 24.0. The summed E-state index contributed by atoms with van der Waals surface area (Å²) in [5.74, 6) is -1.18. The fourth-order valence-corrected chi connectivity index (χ4v) is 5.55. The molecule has 220 valence electrons. The van der Waals surface area contributed by atoms with E-state index in [9.17, 15) is 2.74 Å². The maximum atomic E-state index is 9.81. The van der Waals surface area contributed by atoms with E-state index in [1.54, 1.807) is 36.4 Å². The summed E-state index contributed by atoms with van der Waals surface area (Å²) in [7, 11) is 0. The molecule has 0 N–H and O–H groups in total. The van der Waals surface area contributed by atoms with Crippen LogP contribution in [0.2, 0.25) is 0 Å². The van der Waals surface area contributed by atoms with Crippen molar-refractivity contribution in [2.45, 2.75) is 6.42 Å². The maximum Gasteiger partial charge on any atom is 0.164 e. The summed E-state index contributed by atoms with van der Waals surface area (Å²) < 4.78 is 181. The quantitative estimate of drug-likeness (QED) is 0.192. The van der Waals surface area contributed by atoms with Crippen LogP contribution in [0.25, 0.3) is 78.3 Å². The third-order valence-corrected chi connectivity index (χ3v) is 7.67. The van der Waals surface area contributed by atoms with Crippen molar-refractivity contribution in [1.29, 1.82) is 0 Å². The van der Waals surface area contributed by atoms with Gasteiger partial charge in [-0.15, -0.1) is 0 Å². The van der Waals surface area contributed by atoms with E-state index < -0.39 is 155 Å². The number of fused-ring (bicyclic) bond motifs is 4. The summed E-state index contributed by atoms with van der Waals surface area (Å²) >= 11 is 0. The topological polar surface area (TPSA) is 38.7 Å². The average molecular weight is 621 g/mol. The first kappa shape index (κ1) is 13.3. The summed E-state index contributed by atoms with van der Waals surface area (Å²) in [6.07, 6.45) is -0.331. The van der Waals surface area contributed by atoms with Gasteiger partial charge in [0, 0.05) is 16.7 Å². The van der Waals surface area contributed by atoms with E-state index in [1.165, 1.54) is 0 Å². The Balaban J connectivity index is 1.38. The molecular formula is C44H29N3. The lowest BCUT2D eigenvalue weighted by molar-refractivity contribution is 1.07. The molecule has 0 bridgehead atoms. The van der Waals surface area contributed by atoms with Crippen molar-refractivity contribution in [3.05, 3.63) is 174 Å².